The Balaban J connectivity index is 1.72. The van der Waals surface area contributed by atoms with Gasteiger partial charge in [-0.05, 0) is 43.5 Å². The first kappa shape index (κ1) is 16.4. The smallest absolute Gasteiger partial charge is 0.352 e. The molecule has 1 heterocycles. The van der Waals surface area contributed by atoms with Gasteiger partial charge in [-0.1, -0.05) is 11.3 Å². The molecular weight excluding hydrogens is 330 g/mol. The minimum absolute atomic E-state index is 0.0523. The number of urea groups is 1. The van der Waals surface area contributed by atoms with Crippen molar-refractivity contribution in [3.8, 4) is 10.9 Å². The van der Waals surface area contributed by atoms with Crippen molar-refractivity contribution in [2.24, 2.45) is 5.92 Å². The highest BCUT2D eigenvalue weighted by Crippen LogP contribution is 2.31. The molecule has 0 saturated heterocycles. The van der Waals surface area contributed by atoms with Gasteiger partial charge in [0.1, 0.15) is 5.75 Å². The number of amides is 3. The van der Waals surface area contributed by atoms with E-state index >= 15 is 0 Å². The van der Waals surface area contributed by atoms with E-state index in [0.29, 0.717) is 16.6 Å². The van der Waals surface area contributed by atoms with Gasteiger partial charge in [0.25, 0.3) is 5.19 Å². The largest absolute Gasteiger partial charge is 0.431 e. The van der Waals surface area contributed by atoms with Gasteiger partial charge in [-0.15, -0.1) is 0 Å². The zero-order valence-electron chi connectivity index (χ0n) is 13.3. The van der Waals surface area contributed by atoms with E-state index in [2.05, 4.69) is 10.3 Å². The Bertz CT molecular complexity index is 744. The van der Waals surface area contributed by atoms with Crippen molar-refractivity contribution in [2.75, 3.05) is 12.2 Å². The fourth-order valence-electron chi connectivity index (χ4n) is 2.14. The van der Waals surface area contributed by atoms with E-state index in [9.17, 15) is 9.59 Å². The molecule has 1 fully saturated rings. The number of hydrogen-bond acceptors (Lipinski definition) is 6. The normalized spacial score (nSPS) is 13.4. The fourth-order valence-corrected chi connectivity index (χ4v) is 2.64. The molecule has 1 aromatic carbocycles. The van der Waals surface area contributed by atoms with Crippen LogP contribution in [0.15, 0.2) is 29.8 Å². The van der Waals surface area contributed by atoms with Crippen LogP contribution >= 0.6 is 11.3 Å². The van der Waals surface area contributed by atoms with E-state index in [4.69, 9.17) is 9.57 Å². The molecule has 2 aromatic rings. The number of hydroxylamine groups is 1. The quantitative estimate of drug-likeness (QED) is 0.840. The second kappa shape index (κ2) is 6.98. The average Bonchev–Trinajstić information content (AvgIpc) is 3.29. The Morgan fingerprint density at radius 2 is 2.17 bits per heavy atom. The van der Waals surface area contributed by atoms with E-state index in [1.807, 2.05) is 12.3 Å². The number of ether oxygens (including phenoxy) is 1. The maximum atomic E-state index is 12.2. The van der Waals surface area contributed by atoms with Gasteiger partial charge < -0.3 is 4.74 Å². The van der Waals surface area contributed by atoms with E-state index < -0.39 is 6.03 Å². The van der Waals surface area contributed by atoms with Crippen molar-refractivity contribution in [3.05, 3.63) is 35.3 Å². The summed E-state index contributed by atoms with van der Waals surface area (Å²) in [6.07, 6.45) is 3.32. The molecule has 8 heteroatoms. The third-order valence-corrected chi connectivity index (χ3v) is 4.19. The lowest BCUT2D eigenvalue weighted by Crippen LogP contribution is -2.43. The molecule has 1 aromatic heterocycles. The van der Waals surface area contributed by atoms with Gasteiger partial charge in [-0.25, -0.2) is 9.78 Å². The highest BCUT2D eigenvalue weighted by atomic mass is 32.1. The predicted octanol–water partition coefficient (Wildman–Crippen LogP) is 3.26. The molecule has 24 heavy (non-hydrogen) atoms. The summed E-state index contributed by atoms with van der Waals surface area (Å²) in [6.45, 7) is 1.85. The van der Waals surface area contributed by atoms with Crippen LogP contribution in [0.1, 0.15) is 18.4 Å². The lowest BCUT2D eigenvalue weighted by Gasteiger charge is -2.20. The van der Waals surface area contributed by atoms with E-state index in [-0.39, 0.29) is 11.8 Å². The van der Waals surface area contributed by atoms with Crippen LogP contribution in [-0.2, 0) is 9.63 Å². The Hall–Kier alpha value is -2.45. The number of nitrogens with one attached hydrogen (secondary N) is 1. The minimum atomic E-state index is -0.609. The SMILES string of the molecule is CON(C(=O)NC(=O)C1CC1)c1ccc(Oc2nccs2)c(C)c1. The van der Waals surface area contributed by atoms with Crippen molar-refractivity contribution in [3.63, 3.8) is 0 Å². The number of hydrogen-bond donors (Lipinski definition) is 1. The Kier molecular flexibility index (Phi) is 4.77. The number of carbonyl (C=O) groups excluding carboxylic acids is 2. The molecule has 126 valence electrons. The summed E-state index contributed by atoms with van der Waals surface area (Å²) < 4.78 is 5.68. The molecule has 0 bridgehead atoms. The first-order valence-corrected chi connectivity index (χ1v) is 8.33. The molecule has 1 saturated carbocycles. The summed E-state index contributed by atoms with van der Waals surface area (Å²) >= 11 is 1.39. The highest BCUT2D eigenvalue weighted by molar-refractivity contribution is 7.11. The maximum Gasteiger partial charge on any atom is 0.352 e. The highest BCUT2D eigenvalue weighted by Gasteiger charge is 2.32. The van der Waals surface area contributed by atoms with E-state index in [1.54, 1.807) is 24.4 Å². The zero-order valence-corrected chi connectivity index (χ0v) is 14.1. The number of rotatable bonds is 5. The van der Waals surface area contributed by atoms with Crippen LogP contribution < -0.4 is 15.1 Å². The van der Waals surface area contributed by atoms with Gasteiger partial charge in [0.2, 0.25) is 5.91 Å². The summed E-state index contributed by atoms with van der Waals surface area (Å²) in [5.74, 6) is 0.324. The summed E-state index contributed by atoms with van der Waals surface area (Å²) in [5.41, 5.74) is 1.31. The second-order valence-electron chi connectivity index (χ2n) is 5.40. The van der Waals surface area contributed by atoms with Gasteiger partial charge in [-0.2, -0.15) is 5.06 Å². The number of anilines is 1. The topological polar surface area (TPSA) is 80.8 Å². The fraction of sp³-hybridized carbons (Fsp3) is 0.312. The number of benzene rings is 1. The molecule has 0 spiro atoms. The number of thiazole rings is 1. The molecular formula is C16H17N3O4S. The molecule has 1 aliphatic rings. The molecule has 3 amide bonds. The molecule has 1 N–H and O–H groups in total. The van der Waals surface area contributed by atoms with Crippen molar-refractivity contribution in [1.82, 2.24) is 10.3 Å². The Morgan fingerprint density at radius 1 is 1.38 bits per heavy atom. The van der Waals surface area contributed by atoms with Crippen LogP contribution in [0.4, 0.5) is 10.5 Å². The van der Waals surface area contributed by atoms with Gasteiger partial charge in [-0.3, -0.25) is 14.9 Å². The van der Waals surface area contributed by atoms with Crippen LogP contribution in [0.2, 0.25) is 0 Å². The maximum absolute atomic E-state index is 12.2. The minimum Gasteiger partial charge on any atom is -0.431 e. The summed E-state index contributed by atoms with van der Waals surface area (Å²) in [4.78, 5) is 33.1. The number of imide groups is 1. The predicted molar refractivity (Wildman–Crippen MR) is 89.1 cm³/mol. The Labute approximate surface area is 143 Å². The monoisotopic (exact) mass is 347 g/mol. The molecule has 0 unspecified atom stereocenters. The van der Waals surface area contributed by atoms with Crippen LogP contribution in [-0.4, -0.2) is 24.0 Å². The van der Waals surface area contributed by atoms with Crippen LogP contribution in [0.25, 0.3) is 0 Å². The van der Waals surface area contributed by atoms with Gasteiger partial charge >= 0.3 is 6.03 Å². The molecule has 0 aliphatic heterocycles. The number of aryl methyl sites for hydroxylation is 1. The lowest BCUT2D eigenvalue weighted by atomic mass is 10.2. The van der Waals surface area contributed by atoms with E-state index in [1.165, 1.54) is 18.4 Å². The summed E-state index contributed by atoms with van der Waals surface area (Å²) in [5, 5.41) is 5.76. The van der Waals surface area contributed by atoms with Gasteiger partial charge in [0.05, 0.1) is 12.8 Å². The average molecular weight is 347 g/mol. The molecule has 0 radical (unpaired) electrons. The molecule has 1 aliphatic carbocycles. The van der Waals surface area contributed by atoms with Gasteiger partial charge in [0.15, 0.2) is 0 Å². The van der Waals surface area contributed by atoms with Crippen molar-refractivity contribution in [1.29, 1.82) is 0 Å². The van der Waals surface area contributed by atoms with Gasteiger partial charge in [0, 0.05) is 17.5 Å². The van der Waals surface area contributed by atoms with Crippen molar-refractivity contribution in [2.45, 2.75) is 19.8 Å². The summed E-state index contributed by atoms with van der Waals surface area (Å²) in [7, 11) is 1.37. The standard InChI is InChI=1S/C16H17N3O4S/c1-10-9-12(5-6-13(10)23-16-17-7-8-24-16)19(22-2)15(21)18-14(20)11-3-4-11/h5-9,11H,3-4H2,1-2H3,(H,18,20,21). The van der Waals surface area contributed by atoms with Crippen LogP contribution in [0, 0.1) is 12.8 Å². The third-order valence-electron chi connectivity index (χ3n) is 3.55. The van der Waals surface area contributed by atoms with E-state index in [0.717, 1.165) is 23.5 Å². The molecule has 0 atom stereocenters. The number of nitrogens with zero attached hydrogens (tertiary/aromatic N) is 2. The lowest BCUT2D eigenvalue weighted by molar-refractivity contribution is -0.121. The Morgan fingerprint density at radius 3 is 2.75 bits per heavy atom. The zero-order chi connectivity index (χ0) is 17.1. The van der Waals surface area contributed by atoms with Crippen molar-refractivity contribution < 1.29 is 19.2 Å². The molecule has 3 rings (SSSR count). The van der Waals surface area contributed by atoms with Crippen LogP contribution in [0.3, 0.4) is 0 Å². The third kappa shape index (κ3) is 3.72. The molecule has 7 nitrogen and oxygen atoms in total. The summed E-state index contributed by atoms with van der Waals surface area (Å²) in [6, 6.07) is 4.55. The van der Waals surface area contributed by atoms with Crippen molar-refractivity contribution >= 4 is 29.0 Å². The number of aromatic nitrogens is 1. The number of carbonyl (C=O) groups is 2. The first-order valence-electron chi connectivity index (χ1n) is 7.45. The first-order chi connectivity index (χ1) is 11.6. The van der Waals surface area contributed by atoms with Crippen LogP contribution in [0.5, 0.6) is 10.9 Å². The second-order valence-corrected chi connectivity index (χ2v) is 6.25.